The second-order valence-electron chi connectivity index (χ2n) is 6.43. The molecule has 0 aromatic carbocycles. The summed E-state index contributed by atoms with van der Waals surface area (Å²) in [5.74, 6) is -0.775. The number of hydrogen-bond donors (Lipinski definition) is 1. The predicted molar refractivity (Wildman–Crippen MR) is 96.6 cm³/mol. The molecule has 0 radical (unpaired) electrons. The molecule has 2 atom stereocenters. The number of carbonyl (C=O) groups is 1. The SMILES string of the molecule is CCO[Si](CCCC1CCC(CCCC(=O)O)[N+]1=[N-])(OCC)OCC. The minimum atomic E-state index is -2.61. The van der Waals surface area contributed by atoms with Crippen LogP contribution >= 0.6 is 0 Å². The minimum Gasteiger partial charge on any atom is -0.506 e. The normalized spacial score (nSPS) is 21.0. The van der Waals surface area contributed by atoms with Crippen LogP contribution in [0.1, 0.15) is 65.7 Å². The van der Waals surface area contributed by atoms with Gasteiger partial charge < -0.3 is 28.6 Å². The van der Waals surface area contributed by atoms with Crippen molar-refractivity contribution in [2.45, 2.75) is 83.8 Å². The van der Waals surface area contributed by atoms with E-state index in [0.29, 0.717) is 26.2 Å². The van der Waals surface area contributed by atoms with E-state index in [0.717, 1.165) is 38.1 Å². The van der Waals surface area contributed by atoms with E-state index in [1.165, 1.54) is 4.70 Å². The lowest BCUT2D eigenvalue weighted by atomic mass is 10.1. The molecule has 25 heavy (non-hydrogen) atoms. The molecule has 2 unspecified atom stereocenters. The van der Waals surface area contributed by atoms with Gasteiger partial charge in [-0.15, -0.1) is 0 Å². The molecule has 146 valence electrons. The first-order valence-corrected chi connectivity index (χ1v) is 11.5. The summed E-state index contributed by atoms with van der Waals surface area (Å²) >= 11 is 0. The highest BCUT2D eigenvalue weighted by atomic mass is 28.4. The second kappa shape index (κ2) is 11.7. The number of hydrogen-bond acceptors (Lipinski definition) is 4. The third-order valence-electron chi connectivity index (χ3n) is 4.62. The lowest BCUT2D eigenvalue weighted by Crippen LogP contribution is -2.46. The molecule has 0 aromatic heterocycles. The molecule has 0 aromatic rings. The number of carboxylic acids is 1. The van der Waals surface area contributed by atoms with E-state index in [-0.39, 0.29) is 18.5 Å². The van der Waals surface area contributed by atoms with Crippen molar-refractivity contribution in [3.63, 3.8) is 0 Å². The monoisotopic (exact) mass is 374 g/mol. The lowest BCUT2D eigenvalue weighted by molar-refractivity contribution is -0.600. The summed E-state index contributed by atoms with van der Waals surface area (Å²) < 4.78 is 19.0. The Morgan fingerprint density at radius 3 is 1.96 bits per heavy atom. The highest BCUT2D eigenvalue weighted by Gasteiger charge is 2.41. The second-order valence-corrected chi connectivity index (χ2v) is 9.16. The van der Waals surface area contributed by atoms with Gasteiger partial charge in [0.15, 0.2) is 0 Å². The van der Waals surface area contributed by atoms with Crippen LogP contribution in [0.4, 0.5) is 0 Å². The molecule has 0 saturated carbocycles. The number of aliphatic carboxylic acids is 1. The van der Waals surface area contributed by atoms with Gasteiger partial charge >= 0.3 is 14.8 Å². The van der Waals surface area contributed by atoms with Crippen LogP contribution in [0, 0.1) is 0 Å². The standard InChI is InChI=1S/C17H34N2O5Si/c1-4-22-25(23-5-2,24-6-3)14-8-10-16-13-12-15(19(16)18)9-7-11-17(20)21/h15-16H,4-14H2,1-3H3,(H,20,21). The van der Waals surface area contributed by atoms with E-state index in [9.17, 15) is 10.3 Å². The largest absolute Gasteiger partial charge is 0.506 e. The molecular formula is C17H34N2O5Si. The van der Waals surface area contributed by atoms with Gasteiger partial charge in [-0.05, 0) is 33.6 Å². The van der Waals surface area contributed by atoms with Gasteiger partial charge in [-0.1, -0.05) is 0 Å². The fourth-order valence-electron chi connectivity index (χ4n) is 3.55. The van der Waals surface area contributed by atoms with Crippen LogP contribution < -0.4 is 0 Å². The lowest BCUT2D eigenvalue weighted by Gasteiger charge is -2.28. The van der Waals surface area contributed by atoms with Gasteiger partial charge in [0.05, 0.1) is 0 Å². The zero-order valence-corrected chi connectivity index (χ0v) is 16.9. The van der Waals surface area contributed by atoms with Crippen molar-refractivity contribution < 1.29 is 27.9 Å². The van der Waals surface area contributed by atoms with Crippen molar-refractivity contribution in [1.29, 1.82) is 0 Å². The average Bonchev–Trinajstić information content (AvgIpc) is 2.89. The van der Waals surface area contributed by atoms with Crippen molar-refractivity contribution >= 4 is 14.8 Å². The molecule has 1 rings (SSSR count). The van der Waals surface area contributed by atoms with E-state index >= 15 is 0 Å². The fourth-order valence-corrected chi connectivity index (χ4v) is 6.18. The maximum atomic E-state index is 10.6. The third-order valence-corrected chi connectivity index (χ3v) is 7.77. The molecule has 8 heteroatoms. The van der Waals surface area contributed by atoms with Crippen LogP contribution in [0.3, 0.4) is 0 Å². The van der Waals surface area contributed by atoms with E-state index < -0.39 is 14.8 Å². The highest BCUT2D eigenvalue weighted by Crippen LogP contribution is 2.28. The summed E-state index contributed by atoms with van der Waals surface area (Å²) in [6.45, 7) is 7.59. The third kappa shape index (κ3) is 7.51. The minimum absolute atomic E-state index is 0.0806. The van der Waals surface area contributed by atoms with Crippen LogP contribution in [0.5, 0.6) is 0 Å². The van der Waals surface area contributed by atoms with E-state index in [1.807, 2.05) is 20.8 Å². The Kier molecular flexibility index (Phi) is 10.4. The Hall–Kier alpha value is -0.833. The summed E-state index contributed by atoms with van der Waals surface area (Å²) in [4.78, 5) is 10.6. The first-order valence-electron chi connectivity index (χ1n) is 9.58. The fraction of sp³-hybridized carbons (Fsp3) is 0.941. The molecular weight excluding hydrogens is 340 g/mol. The molecule has 1 saturated heterocycles. The molecule has 7 nitrogen and oxygen atoms in total. The first kappa shape index (κ1) is 22.2. The molecule has 0 bridgehead atoms. The van der Waals surface area contributed by atoms with E-state index in [2.05, 4.69) is 0 Å². The Bertz CT molecular complexity index is 405. The van der Waals surface area contributed by atoms with Crippen molar-refractivity contribution in [2.75, 3.05) is 19.8 Å². The van der Waals surface area contributed by atoms with Gasteiger partial charge in [-0.2, -0.15) is 0 Å². The molecule has 1 aliphatic rings. The van der Waals surface area contributed by atoms with Gasteiger partial charge in [-0.25, -0.2) is 0 Å². The van der Waals surface area contributed by atoms with Crippen LogP contribution in [0.25, 0.3) is 5.53 Å². The van der Waals surface area contributed by atoms with Crippen molar-refractivity contribution in [1.82, 2.24) is 0 Å². The molecule has 1 aliphatic heterocycles. The number of nitrogens with zero attached hydrogens (tertiary/aromatic N) is 2. The van der Waals surface area contributed by atoms with Crippen LogP contribution in [0.15, 0.2) is 0 Å². The Labute approximate surface area is 152 Å². The predicted octanol–water partition coefficient (Wildman–Crippen LogP) is 3.64. The van der Waals surface area contributed by atoms with E-state index in [1.54, 1.807) is 0 Å². The summed E-state index contributed by atoms with van der Waals surface area (Å²) in [6.07, 6.45) is 5.13. The van der Waals surface area contributed by atoms with Gasteiger partial charge in [-0.3, -0.25) is 4.79 Å². The molecule has 0 aliphatic carbocycles. The molecule has 1 heterocycles. The van der Waals surface area contributed by atoms with Crippen molar-refractivity contribution in [2.24, 2.45) is 0 Å². The molecule has 0 spiro atoms. The van der Waals surface area contributed by atoms with Crippen LogP contribution in [-0.2, 0) is 18.1 Å². The topological polar surface area (TPSA) is 90.3 Å². The molecule has 0 amide bonds. The van der Waals surface area contributed by atoms with Crippen LogP contribution in [-0.4, -0.2) is 56.5 Å². The zero-order valence-electron chi connectivity index (χ0n) is 15.9. The Balaban J connectivity index is 2.43. The Morgan fingerprint density at radius 1 is 1.04 bits per heavy atom. The van der Waals surface area contributed by atoms with Gasteiger partial charge in [0.25, 0.3) is 0 Å². The molecule has 1 fully saturated rings. The molecule has 1 N–H and O–H groups in total. The van der Waals surface area contributed by atoms with Crippen molar-refractivity contribution in [3.8, 4) is 0 Å². The van der Waals surface area contributed by atoms with Crippen molar-refractivity contribution in [3.05, 3.63) is 5.53 Å². The zero-order chi connectivity index (χ0) is 18.7. The van der Waals surface area contributed by atoms with Gasteiger partial charge in [0, 0.05) is 58.0 Å². The highest BCUT2D eigenvalue weighted by molar-refractivity contribution is 6.60. The summed E-state index contributed by atoms with van der Waals surface area (Å²) in [7, 11) is -2.61. The maximum absolute atomic E-state index is 10.6. The maximum Gasteiger partial charge on any atom is 0.500 e. The number of rotatable bonds is 14. The summed E-state index contributed by atoms with van der Waals surface area (Å²) in [5, 5.41) is 8.72. The summed E-state index contributed by atoms with van der Waals surface area (Å²) in [5.41, 5.74) is 10.4. The van der Waals surface area contributed by atoms with E-state index in [4.69, 9.17) is 18.4 Å². The van der Waals surface area contributed by atoms with Gasteiger partial charge in [0.1, 0.15) is 12.1 Å². The quantitative estimate of drug-likeness (QED) is 0.370. The smallest absolute Gasteiger partial charge is 0.500 e. The Morgan fingerprint density at radius 2 is 1.52 bits per heavy atom. The van der Waals surface area contributed by atoms with Crippen LogP contribution in [0.2, 0.25) is 6.04 Å². The van der Waals surface area contributed by atoms with Gasteiger partial charge in [0.2, 0.25) is 0 Å². The average molecular weight is 375 g/mol. The number of carboxylic acid groups (broad SMARTS) is 1. The summed E-state index contributed by atoms with van der Waals surface area (Å²) in [6, 6.07) is 0.972. The first-order chi connectivity index (χ1) is 12.0.